The predicted octanol–water partition coefficient (Wildman–Crippen LogP) is 3.54. The van der Waals surface area contributed by atoms with Crippen molar-refractivity contribution < 1.29 is 8.42 Å². The van der Waals surface area contributed by atoms with E-state index in [-0.39, 0.29) is 10.0 Å². The van der Waals surface area contributed by atoms with Gasteiger partial charge in [0.1, 0.15) is 10.0 Å². The summed E-state index contributed by atoms with van der Waals surface area (Å²) >= 11 is 9.23. The molecule has 2 rings (SSSR count). The van der Waals surface area contributed by atoms with E-state index in [0.29, 0.717) is 0 Å². The van der Waals surface area contributed by atoms with Gasteiger partial charge in [-0.25, -0.2) is 18.1 Å². The van der Waals surface area contributed by atoms with Gasteiger partial charge in [0.05, 0.1) is 0 Å². The van der Waals surface area contributed by atoms with Crippen LogP contribution in [0, 0.1) is 0 Å². The Morgan fingerprint density at radius 1 is 1.25 bits per heavy atom. The Bertz CT molecular complexity index is 722. The molecule has 0 radical (unpaired) electrons. The molecule has 1 aromatic carbocycles. The van der Waals surface area contributed by atoms with Crippen molar-refractivity contribution in [3.8, 4) is 0 Å². The van der Waals surface area contributed by atoms with Crippen molar-refractivity contribution in [2.24, 2.45) is 0 Å². The van der Waals surface area contributed by atoms with Gasteiger partial charge in [0.15, 0.2) is 0 Å². The third-order valence-corrected chi connectivity index (χ3v) is 5.43. The maximum Gasteiger partial charge on any atom is 0.244 e. The molecule has 0 bridgehead atoms. The van der Waals surface area contributed by atoms with Crippen molar-refractivity contribution in [2.45, 2.75) is 17.9 Å². The minimum Gasteiger partial charge on any atom is -0.243 e. The van der Waals surface area contributed by atoms with E-state index >= 15 is 0 Å². The smallest absolute Gasteiger partial charge is 0.243 e. The Morgan fingerprint density at radius 3 is 2.60 bits per heavy atom. The second-order valence-electron chi connectivity index (χ2n) is 4.16. The predicted molar refractivity (Wildman–Crippen MR) is 82.1 cm³/mol. The molecule has 2 aromatic rings. The van der Waals surface area contributed by atoms with Crippen LogP contribution in [0.5, 0.6) is 0 Å². The molecule has 1 atom stereocenters. The van der Waals surface area contributed by atoms with E-state index < -0.39 is 16.1 Å². The second-order valence-corrected chi connectivity index (χ2v) is 7.05. The highest BCUT2D eigenvalue weighted by molar-refractivity contribution is 9.10. The Balaban J connectivity index is 2.30. The van der Waals surface area contributed by atoms with E-state index in [9.17, 15) is 8.42 Å². The summed E-state index contributed by atoms with van der Waals surface area (Å²) in [6.45, 7) is 1.77. The Kier molecular flexibility index (Phi) is 4.80. The third kappa shape index (κ3) is 3.38. The summed E-state index contributed by atoms with van der Waals surface area (Å²) in [6, 6.07) is 9.98. The molecule has 0 aliphatic rings. The maximum atomic E-state index is 12.3. The lowest BCUT2D eigenvalue weighted by Gasteiger charge is -2.16. The van der Waals surface area contributed by atoms with Gasteiger partial charge in [-0.2, -0.15) is 0 Å². The molecular weight excluding hydrogens is 364 g/mol. The number of hydrogen-bond acceptors (Lipinski definition) is 3. The third-order valence-electron chi connectivity index (χ3n) is 2.72. The highest BCUT2D eigenvalue weighted by atomic mass is 79.9. The molecule has 1 N–H and O–H groups in total. The van der Waals surface area contributed by atoms with Gasteiger partial charge in [-0.3, -0.25) is 0 Å². The zero-order valence-corrected chi connectivity index (χ0v) is 13.7. The number of nitrogens with zero attached hydrogens (tertiary/aromatic N) is 1. The van der Waals surface area contributed by atoms with E-state index in [2.05, 4.69) is 25.6 Å². The standard InChI is InChI=1S/C13H12BrClN2O2S/c1-9(10-5-2-3-6-11(10)14)17-20(18,19)12-7-4-8-16-13(12)15/h2-9,17H,1H3. The van der Waals surface area contributed by atoms with Gasteiger partial charge < -0.3 is 0 Å². The molecule has 0 spiro atoms. The lowest BCUT2D eigenvalue weighted by Crippen LogP contribution is -2.27. The molecule has 1 aromatic heterocycles. The molecule has 0 fully saturated rings. The molecule has 0 aliphatic carbocycles. The van der Waals surface area contributed by atoms with Crippen molar-refractivity contribution in [1.82, 2.24) is 9.71 Å². The number of aromatic nitrogens is 1. The van der Waals surface area contributed by atoms with Gasteiger partial charge in [0.2, 0.25) is 10.0 Å². The van der Waals surface area contributed by atoms with Gasteiger partial charge in [-0.05, 0) is 30.7 Å². The van der Waals surface area contributed by atoms with E-state index in [1.54, 1.807) is 6.92 Å². The van der Waals surface area contributed by atoms with Crippen LogP contribution in [0.4, 0.5) is 0 Å². The van der Waals surface area contributed by atoms with Crippen LogP contribution >= 0.6 is 27.5 Å². The van der Waals surface area contributed by atoms with E-state index in [1.165, 1.54) is 18.3 Å². The molecule has 20 heavy (non-hydrogen) atoms. The fraction of sp³-hybridized carbons (Fsp3) is 0.154. The summed E-state index contributed by atoms with van der Waals surface area (Å²) in [4.78, 5) is 3.75. The van der Waals surface area contributed by atoms with Crippen LogP contribution in [0.1, 0.15) is 18.5 Å². The first kappa shape index (κ1) is 15.4. The number of hydrogen-bond donors (Lipinski definition) is 1. The first-order valence-corrected chi connectivity index (χ1v) is 8.44. The SMILES string of the molecule is CC(NS(=O)(=O)c1cccnc1Cl)c1ccccc1Br. The molecule has 0 saturated carbocycles. The summed E-state index contributed by atoms with van der Waals surface area (Å²) in [5, 5.41) is -0.0423. The number of rotatable bonds is 4. The number of pyridine rings is 1. The molecule has 4 nitrogen and oxygen atoms in total. The summed E-state index contributed by atoms with van der Waals surface area (Å²) in [5.74, 6) is 0. The van der Waals surface area contributed by atoms with Crippen molar-refractivity contribution in [3.05, 3.63) is 57.8 Å². The fourth-order valence-electron chi connectivity index (χ4n) is 1.76. The molecule has 0 aliphatic heterocycles. The monoisotopic (exact) mass is 374 g/mol. The molecular formula is C13H12BrClN2O2S. The molecule has 106 valence electrons. The molecule has 7 heteroatoms. The number of benzene rings is 1. The minimum atomic E-state index is -3.72. The summed E-state index contributed by atoms with van der Waals surface area (Å²) in [6.07, 6.45) is 1.44. The first-order valence-electron chi connectivity index (χ1n) is 5.79. The van der Waals surface area contributed by atoms with E-state index in [0.717, 1.165) is 10.0 Å². The largest absolute Gasteiger partial charge is 0.244 e. The van der Waals surface area contributed by atoms with Gasteiger partial charge in [0.25, 0.3) is 0 Å². The number of halogens is 2. The molecule has 1 unspecified atom stereocenters. The van der Waals surface area contributed by atoms with Crippen LogP contribution in [0.2, 0.25) is 5.15 Å². The maximum absolute atomic E-state index is 12.3. The van der Waals surface area contributed by atoms with Crippen molar-refractivity contribution in [2.75, 3.05) is 0 Å². The topological polar surface area (TPSA) is 59.1 Å². The second kappa shape index (κ2) is 6.22. The quantitative estimate of drug-likeness (QED) is 0.832. The van der Waals surface area contributed by atoms with Gasteiger partial charge in [0, 0.05) is 16.7 Å². The Morgan fingerprint density at radius 2 is 1.95 bits per heavy atom. The van der Waals surface area contributed by atoms with Gasteiger partial charge in [-0.15, -0.1) is 0 Å². The highest BCUT2D eigenvalue weighted by Gasteiger charge is 2.22. The van der Waals surface area contributed by atoms with Crippen LogP contribution in [0.3, 0.4) is 0 Å². The average molecular weight is 376 g/mol. The summed E-state index contributed by atoms with van der Waals surface area (Å²) in [7, 11) is -3.72. The van der Waals surface area contributed by atoms with Gasteiger partial charge >= 0.3 is 0 Å². The Hall–Kier alpha value is -0.950. The van der Waals surface area contributed by atoms with E-state index in [4.69, 9.17) is 11.6 Å². The van der Waals surface area contributed by atoms with Crippen molar-refractivity contribution in [1.29, 1.82) is 0 Å². The molecule has 1 heterocycles. The zero-order valence-electron chi connectivity index (χ0n) is 10.5. The normalized spacial score (nSPS) is 13.2. The lowest BCUT2D eigenvalue weighted by molar-refractivity contribution is 0.566. The number of sulfonamides is 1. The minimum absolute atomic E-state index is 0.0272. The lowest BCUT2D eigenvalue weighted by atomic mass is 10.1. The Labute approximate surface area is 131 Å². The fourth-order valence-corrected chi connectivity index (χ4v) is 4.06. The van der Waals surface area contributed by atoms with Crippen LogP contribution in [0.15, 0.2) is 52.0 Å². The van der Waals surface area contributed by atoms with Crippen molar-refractivity contribution >= 4 is 37.6 Å². The van der Waals surface area contributed by atoms with Gasteiger partial charge in [-0.1, -0.05) is 45.7 Å². The first-order chi connectivity index (χ1) is 9.42. The molecule has 0 saturated heterocycles. The highest BCUT2D eigenvalue weighted by Crippen LogP contribution is 2.25. The average Bonchev–Trinajstić information content (AvgIpc) is 2.38. The van der Waals surface area contributed by atoms with Crippen LogP contribution in [-0.4, -0.2) is 13.4 Å². The van der Waals surface area contributed by atoms with Crippen molar-refractivity contribution in [3.63, 3.8) is 0 Å². The van der Waals surface area contributed by atoms with E-state index in [1.807, 2.05) is 24.3 Å². The number of nitrogens with one attached hydrogen (secondary N) is 1. The summed E-state index contributed by atoms with van der Waals surface area (Å²) < 4.78 is 28.0. The summed E-state index contributed by atoms with van der Waals surface area (Å²) in [5.41, 5.74) is 0.844. The van der Waals surface area contributed by atoms with Crippen LogP contribution in [0.25, 0.3) is 0 Å². The zero-order chi connectivity index (χ0) is 14.8. The molecule has 0 amide bonds. The van der Waals surface area contributed by atoms with Crippen LogP contribution < -0.4 is 4.72 Å². The van der Waals surface area contributed by atoms with Crippen LogP contribution in [-0.2, 0) is 10.0 Å².